The minimum absolute atomic E-state index is 0.0528. The van der Waals surface area contributed by atoms with Crippen molar-refractivity contribution in [1.29, 1.82) is 0 Å². The van der Waals surface area contributed by atoms with Gasteiger partial charge in [0.15, 0.2) is 11.4 Å². The van der Waals surface area contributed by atoms with Gasteiger partial charge in [0.2, 0.25) is 5.78 Å². The highest BCUT2D eigenvalue weighted by molar-refractivity contribution is 6.09. The average molecular weight is 258 g/mol. The van der Waals surface area contributed by atoms with E-state index in [1.54, 1.807) is 18.0 Å². The molecule has 4 nitrogen and oxygen atoms in total. The lowest BCUT2D eigenvalue weighted by atomic mass is 10.0. The molecule has 0 aliphatic rings. The van der Waals surface area contributed by atoms with Crippen LogP contribution in [0.1, 0.15) is 34.1 Å². The molecule has 2 aromatic rings. The summed E-state index contributed by atoms with van der Waals surface area (Å²) < 4.78 is 6.89. The quantitative estimate of drug-likeness (QED) is 0.792. The number of nitrogens with zero attached hydrogens (tertiary/aromatic N) is 2. The monoisotopic (exact) mass is 258 g/mol. The number of aryl methyl sites for hydroxylation is 3. The maximum atomic E-state index is 12.6. The normalized spacial score (nSPS) is 10.5. The third-order valence-electron chi connectivity index (χ3n) is 3.02. The van der Waals surface area contributed by atoms with Crippen molar-refractivity contribution in [3.63, 3.8) is 0 Å². The van der Waals surface area contributed by atoms with Gasteiger partial charge in [-0.1, -0.05) is 17.2 Å². The highest BCUT2D eigenvalue weighted by Gasteiger charge is 2.20. The minimum Gasteiger partial charge on any atom is -0.493 e. The fourth-order valence-corrected chi connectivity index (χ4v) is 2.23. The number of hydrogen-bond donors (Lipinski definition) is 0. The maximum Gasteiger partial charge on any atom is 0.214 e. The molecule has 19 heavy (non-hydrogen) atoms. The molecule has 0 spiro atoms. The van der Waals surface area contributed by atoms with Crippen molar-refractivity contribution >= 4 is 5.78 Å². The molecule has 0 radical (unpaired) electrons. The Kier molecular flexibility index (Phi) is 3.69. The summed E-state index contributed by atoms with van der Waals surface area (Å²) in [5.41, 5.74) is 3.33. The molecule has 0 amide bonds. The van der Waals surface area contributed by atoms with Crippen LogP contribution >= 0.6 is 0 Å². The number of carbonyl (C=O) groups is 1. The standard InChI is InChI=1S/C15H18N2O2/c1-5-17-14(13(19-4)9-16-17)15(18)12-7-10(2)6-11(3)8-12/h6-9H,5H2,1-4H3. The van der Waals surface area contributed by atoms with E-state index in [1.165, 1.54) is 0 Å². The Bertz CT molecular complexity index is 573. The van der Waals surface area contributed by atoms with Gasteiger partial charge in [-0.05, 0) is 32.9 Å². The Hall–Kier alpha value is -2.10. The molecule has 0 atom stereocenters. The topological polar surface area (TPSA) is 44.1 Å². The lowest BCUT2D eigenvalue weighted by molar-refractivity contribution is 0.102. The Labute approximate surface area is 113 Å². The Morgan fingerprint density at radius 1 is 1.26 bits per heavy atom. The largest absolute Gasteiger partial charge is 0.493 e. The van der Waals surface area contributed by atoms with E-state index in [1.807, 2.05) is 39.0 Å². The van der Waals surface area contributed by atoms with Crippen LogP contribution in [0.2, 0.25) is 0 Å². The molecule has 1 aromatic heterocycles. The Morgan fingerprint density at radius 2 is 1.89 bits per heavy atom. The van der Waals surface area contributed by atoms with Crippen molar-refractivity contribution in [3.8, 4) is 5.75 Å². The molecule has 0 fully saturated rings. The number of ketones is 1. The number of hydrogen-bond acceptors (Lipinski definition) is 3. The van der Waals surface area contributed by atoms with E-state index in [0.29, 0.717) is 23.6 Å². The zero-order valence-corrected chi connectivity index (χ0v) is 11.7. The second kappa shape index (κ2) is 5.26. The number of aromatic nitrogens is 2. The summed E-state index contributed by atoms with van der Waals surface area (Å²) in [6, 6.07) is 5.83. The molecule has 0 N–H and O–H groups in total. The van der Waals surface area contributed by atoms with Gasteiger partial charge in [0.05, 0.1) is 13.3 Å². The van der Waals surface area contributed by atoms with Crippen molar-refractivity contribution in [1.82, 2.24) is 9.78 Å². The van der Waals surface area contributed by atoms with Gasteiger partial charge in [-0.3, -0.25) is 9.48 Å². The number of rotatable bonds is 4. The first-order valence-electron chi connectivity index (χ1n) is 6.29. The van der Waals surface area contributed by atoms with E-state index < -0.39 is 0 Å². The van der Waals surface area contributed by atoms with Gasteiger partial charge >= 0.3 is 0 Å². The molecule has 0 bridgehead atoms. The van der Waals surface area contributed by atoms with Crippen LogP contribution in [0.4, 0.5) is 0 Å². The molecular weight excluding hydrogens is 240 g/mol. The molecule has 0 aliphatic carbocycles. The number of methoxy groups -OCH3 is 1. The van der Waals surface area contributed by atoms with E-state index in [9.17, 15) is 4.79 Å². The molecule has 0 unspecified atom stereocenters. The number of ether oxygens (including phenoxy) is 1. The fraction of sp³-hybridized carbons (Fsp3) is 0.333. The van der Waals surface area contributed by atoms with Gasteiger partial charge < -0.3 is 4.74 Å². The highest BCUT2D eigenvalue weighted by Crippen LogP contribution is 2.22. The summed E-state index contributed by atoms with van der Waals surface area (Å²) in [7, 11) is 1.55. The zero-order chi connectivity index (χ0) is 14.0. The summed E-state index contributed by atoms with van der Waals surface area (Å²) in [5.74, 6) is 0.467. The van der Waals surface area contributed by atoms with Gasteiger partial charge in [-0.15, -0.1) is 0 Å². The first-order valence-corrected chi connectivity index (χ1v) is 6.29. The number of benzene rings is 1. The van der Waals surface area contributed by atoms with Crippen LogP contribution in [0, 0.1) is 13.8 Å². The summed E-state index contributed by atoms with van der Waals surface area (Å²) in [5, 5.41) is 4.17. The van der Waals surface area contributed by atoms with Gasteiger partial charge in [0, 0.05) is 12.1 Å². The first kappa shape index (κ1) is 13.3. The van der Waals surface area contributed by atoms with Crippen molar-refractivity contribution in [3.05, 3.63) is 46.8 Å². The molecule has 1 aromatic carbocycles. The summed E-state index contributed by atoms with van der Waals surface area (Å²) in [6.45, 7) is 6.55. The second-order valence-corrected chi connectivity index (χ2v) is 4.58. The fourth-order valence-electron chi connectivity index (χ4n) is 2.23. The SMILES string of the molecule is CCn1ncc(OC)c1C(=O)c1cc(C)cc(C)c1. The average Bonchev–Trinajstić information content (AvgIpc) is 2.79. The van der Waals surface area contributed by atoms with Crippen LogP contribution in [-0.2, 0) is 6.54 Å². The van der Waals surface area contributed by atoms with Crippen LogP contribution in [0.15, 0.2) is 24.4 Å². The Morgan fingerprint density at radius 3 is 2.42 bits per heavy atom. The molecule has 4 heteroatoms. The summed E-state index contributed by atoms with van der Waals surface area (Å²) in [6.07, 6.45) is 1.58. The molecule has 2 rings (SSSR count). The Balaban J connectivity index is 2.52. The van der Waals surface area contributed by atoms with Crippen LogP contribution in [-0.4, -0.2) is 22.7 Å². The van der Waals surface area contributed by atoms with Gasteiger partial charge in [-0.2, -0.15) is 5.10 Å². The van der Waals surface area contributed by atoms with Crippen LogP contribution in [0.3, 0.4) is 0 Å². The van der Waals surface area contributed by atoms with Crippen molar-refractivity contribution in [2.45, 2.75) is 27.3 Å². The zero-order valence-electron chi connectivity index (χ0n) is 11.7. The van der Waals surface area contributed by atoms with Crippen molar-refractivity contribution in [2.24, 2.45) is 0 Å². The van der Waals surface area contributed by atoms with E-state index in [-0.39, 0.29) is 5.78 Å². The summed E-state index contributed by atoms with van der Waals surface area (Å²) in [4.78, 5) is 12.6. The molecule has 1 heterocycles. The predicted octanol–water partition coefficient (Wildman–Crippen LogP) is 2.76. The van der Waals surface area contributed by atoms with Gasteiger partial charge in [0.25, 0.3) is 0 Å². The van der Waals surface area contributed by atoms with E-state index in [0.717, 1.165) is 11.1 Å². The van der Waals surface area contributed by atoms with Gasteiger partial charge in [0.1, 0.15) is 0 Å². The van der Waals surface area contributed by atoms with Crippen LogP contribution < -0.4 is 4.74 Å². The molecular formula is C15H18N2O2. The van der Waals surface area contributed by atoms with Crippen LogP contribution in [0.5, 0.6) is 5.75 Å². The predicted molar refractivity (Wildman–Crippen MR) is 73.8 cm³/mol. The van der Waals surface area contributed by atoms with E-state index >= 15 is 0 Å². The van der Waals surface area contributed by atoms with E-state index in [4.69, 9.17) is 4.74 Å². The molecule has 100 valence electrons. The summed E-state index contributed by atoms with van der Waals surface area (Å²) >= 11 is 0. The maximum absolute atomic E-state index is 12.6. The minimum atomic E-state index is -0.0528. The van der Waals surface area contributed by atoms with Crippen molar-refractivity contribution < 1.29 is 9.53 Å². The number of carbonyl (C=O) groups excluding carboxylic acids is 1. The van der Waals surface area contributed by atoms with Crippen molar-refractivity contribution in [2.75, 3.05) is 7.11 Å². The first-order chi connectivity index (χ1) is 9.06. The molecule has 0 aliphatic heterocycles. The smallest absolute Gasteiger partial charge is 0.214 e. The van der Waals surface area contributed by atoms with Crippen LogP contribution in [0.25, 0.3) is 0 Å². The third kappa shape index (κ3) is 2.52. The lowest BCUT2D eigenvalue weighted by Crippen LogP contribution is -2.12. The van der Waals surface area contributed by atoms with Gasteiger partial charge in [-0.25, -0.2) is 0 Å². The molecule has 0 saturated heterocycles. The second-order valence-electron chi connectivity index (χ2n) is 4.58. The molecule has 0 saturated carbocycles. The van der Waals surface area contributed by atoms with E-state index in [2.05, 4.69) is 5.10 Å². The lowest BCUT2D eigenvalue weighted by Gasteiger charge is -2.08. The third-order valence-corrected chi connectivity index (χ3v) is 3.02. The highest BCUT2D eigenvalue weighted by atomic mass is 16.5.